The lowest BCUT2D eigenvalue weighted by Gasteiger charge is -2.14. The number of anilines is 1. The summed E-state index contributed by atoms with van der Waals surface area (Å²) in [5, 5.41) is 5.55. The summed E-state index contributed by atoms with van der Waals surface area (Å²) in [6.45, 7) is 9.90. The maximum absolute atomic E-state index is 11.9. The molecule has 0 unspecified atom stereocenters. The number of aromatic nitrogens is 1. The molecular weight excluding hydrogens is 294 g/mol. The second kappa shape index (κ2) is 7.38. The molecule has 0 aliphatic carbocycles. The Kier molecular flexibility index (Phi) is 6.42. The molecule has 0 bridgehead atoms. The van der Waals surface area contributed by atoms with Crippen LogP contribution in [-0.4, -0.2) is 32.2 Å². The van der Waals surface area contributed by atoms with Crippen molar-refractivity contribution >= 4 is 26.5 Å². The lowest BCUT2D eigenvalue weighted by atomic mass is 9.93. The topological polar surface area (TPSA) is 71.1 Å². The highest BCUT2D eigenvalue weighted by Gasteiger charge is 2.19. The van der Waals surface area contributed by atoms with Crippen LogP contribution in [0.2, 0.25) is 0 Å². The van der Waals surface area contributed by atoms with Crippen molar-refractivity contribution < 1.29 is 8.42 Å². The van der Waals surface area contributed by atoms with E-state index >= 15 is 0 Å². The highest BCUT2D eigenvalue weighted by atomic mass is 32.2. The van der Waals surface area contributed by atoms with Crippen molar-refractivity contribution in [2.75, 3.05) is 23.6 Å². The monoisotopic (exact) mass is 319 g/mol. The van der Waals surface area contributed by atoms with Crippen molar-refractivity contribution in [3.05, 3.63) is 11.1 Å². The molecule has 20 heavy (non-hydrogen) atoms. The van der Waals surface area contributed by atoms with Gasteiger partial charge in [-0.25, -0.2) is 13.4 Å². The van der Waals surface area contributed by atoms with E-state index in [-0.39, 0.29) is 11.2 Å². The summed E-state index contributed by atoms with van der Waals surface area (Å²) in [6, 6.07) is 0. The van der Waals surface area contributed by atoms with Gasteiger partial charge < -0.3 is 5.32 Å². The Balaban J connectivity index is 2.48. The summed E-state index contributed by atoms with van der Waals surface area (Å²) in [4.78, 5) is 4.34. The lowest BCUT2D eigenvalue weighted by Crippen LogP contribution is -2.22. The smallest absolute Gasteiger partial charge is 0.234 e. The molecule has 1 heterocycles. The summed E-state index contributed by atoms with van der Waals surface area (Å²) in [5.74, 6) is 0.119. The molecule has 0 fully saturated rings. The quantitative estimate of drug-likeness (QED) is 0.723. The second-order valence-corrected chi connectivity index (χ2v) is 8.51. The second-order valence-electron chi connectivity index (χ2n) is 5.81. The predicted molar refractivity (Wildman–Crippen MR) is 86.0 cm³/mol. The summed E-state index contributed by atoms with van der Waals surface area (Å²) >= 11 is 1.33. The third kappa shape index (κ3) is 6.19. The Hall–Kier alpha value is -0.660. The van der Waals surface area contributed by atoms with E-state index < -0.39 is 10.0 Å². The highest BCUT2D eigenvalue weighted by Crippen LogP contribution is 2.26. The third-order valence-electron chi connectivity index (χ3n) is 2.71. The van der Waals surface area contributed by atoms with E-state index in [1.165, 1.54) is 11.3 Å². The number of nitrogens with zero attached hydrogens (tertiary/aromatic N) is 1. The summed E-state index contributed by atoms with van der Waals surface area (Å²) < 4.78 is 26.4. The largest absolute Gasteiger partial charge is 0.317 e. The van der Waals surface area contributed by atoms with Gasteiger partial charge in [0.2, 0.25) is 10.0 Å². The minimum Gasteiger partial charge on any atom is -0.317 e. The molecule has 0 radical (unpaired) electrons. The van der Waals surface area contributed by atoms with Crippen LogP contribution in [0.1, 0.15) is 46.2 Å². The first-order valence-electron chi connectivity index (χ1n) is 6.92. The van der Waals surface area contributed by atoms with E-state index in [4.69, 9.17) is 0 Å². The van der Waals surface area contributed by atoms with Gasteiger partial charge in [-0.3, -0.25) is 4.72 Å². The maximum Gasteiger partial charge on any atom is 0.234 e. The minimum atomic E-state index is -3.30. The van der Waals surface area contributed by atoms with E-state index in [9.17, 15) is 8.42 Å². The van der Waals surface area contributed by atoms with Gasteiger partial charge in [-0.1, -0.05) is 27.7 Å². The van der Waals surface area contributed by atoms with Crippen molar-refractivity contribution in [2.45, 2.75) is 46.0 Å². The molecule has 1 aromatic rings. The maximum atomic E-state index is 11.9. The standard InChI is InChI=1S/C13H25N3O2S2/c1-5-7-14-8-6-9-20(17,18)16-12-15-11(10-19-12)13(2,3)4/h10,14H,5-9H2,1-4H3,(H,15,16). The van der Waals surface area contributed by atoms with Gasteiger partial charge in [0.15, 0.2) is 5.13 Å². The molecule has 0 aliphatic rings. The molecule has 7 heteroatoms. The van der Waals surface area contributed by atoms with Gasteiger partial charge in [-0.15, -0.1) is 11.3 Å². The van der Waals surface area contributed by atoms with Crippen LogP contribution in [0.3, 0.4) is 0 Å². The molecule has 0 atom stereocenters. The van der Waals surface area contributed by atoms with Crippen molar-refractivity contribution in [3.8, 4) is 0 Å². The van der Waals surface area contributed by atoms with Gasteiger partial charge in [0.05, 0.1) is 11.4 Å². The van der Waals surface area contributed by atoms with Crippen LogP contribution < -0.4 is 10.0 Å². The molecule has 0 saturated heterocycles. The number of thiazole rings is 1. The van der Waals surface area contributed by atoms with Crippen LogP contribution >= 0.6 is 11.3 Å². The predicted octanol–water partition coefficient (Wildman–Crippen LogP) is 2.57. The molecule has 0 aromatic carbocycles. The number of hydrogen-bond acceptors (Lipinski definition) is 5. The van der Waals surface area contributed by atoms with Crippen LogP contribution in [0.15, 0.2) is 5.38 Å². The zero-order valence-corrected chi connectivity index (χ0v) is 14.3. The van der Waals surface area contributed by atoms with Crippen LogP contribution in [0.25, 0.3) is 0 Å². The van der Waals surface area contributed by atoms with Crippen LogP contribution in [0.4, 0.5) is 5.13 Å². The average Bonchev–Trinajstić information content (AvgIpc) is 2.76. The fraction of sp³-hybridized carbons (Fsp3) is 0.769. The van der Waals surface area contributed by atoms with E-state index in [2.05, 4.69) is 42.7 Å². The summed E-state index contributed by atoms with van der Waals surface area (Å²) in [6.07, 6.45) is 1.66. The Labute approximate surface area is 126 Å². The molecule has 0 spiro atoms. The SMILES string of the molecule is CCCNCCCS(=O)(=O)Nc1nc(C(C)(C)C)cs1. The average molecular weight is 319 g/mol. The summed E-state index contributed by atoms with van der Waals surface area (Å²) in [5.41, 5.74) is 0.842. The van der Waals surface area contributed by atoms with Crippen molar-refractivity contribution in [2.24, 2.45) is 0 Å². The molecule has 0 aliphatic heterocycles. The number of sulfonamides is 1. The Morgan fingerprint density at radius 2 is 2.00 bits per heavy atom. The molecule has 116 valence electrons. The molecular formula is C13H25N3O2S2. The molecule has 1 rings (SSSR count). The normalized spacial score (nSPS) is 12.6. The van der Waals surface area contributed by atoms with Crippen LogP contribution in [0.5, 0.6) is 0 Å². The zero-order chi connectivity index (χ0) is 15.2. The molecule has 5 nitrogen and oxygen atoms in total. The Morgan fingerprint density at radius 3 is 2.55 bits per heavy atom. The Morgan fingerprint density at radius 1 is 1.30 bits per heavy atom. The zero-order valence-electron chi connectivity index (χ0n) is 12.7. The first-order valence-corrected chi connectivity index (χ1v) is 9.45. The van der Waals surface area contributed by atoms with Gasteiger partial charge in [0, 0.05) is 10.8 Å². The fourth-order valence-corrected chi connectivity index (χ4v) is 3.83. The molecule has 2 N–H and O–H groups in total. The number of nitrogens with one attached hydrogen (secondary N) is 2. The molecule has 0 saturated carbocycles. The third-order valence-corrected chi connectivity index (χ3v) is 4.93. The first kappa shape index (κ1) is 17.4. The van der Waals surface area contributed by atoms with Crippen molar-refractivity contribution in [1.82, 2.24) is 10.3 Å². The van der Waals surface area contributed by atoms with E-state index in [1.807, 2.05) is 5.38 Å². The van der Waals surface area contributed by atoms with E-state index in [1.54, 1.807) is 0 Å². The first-order chi connectivity index (χ1) is 9.24. The van der Waals surface area contributed by atoms with Gasteiger partial charge in [0.1, 0.15) is 0 Å². The van der Waals surface area contributed by atoms with Gasteiger partial charge >= 0.3 is 0 Å². The number of rotatable bonds is 8. The van der Waals surface area contributed by atoms with Gasteiger partial charge in [0.25, 0.3) is 0 Å². The molecule has 1 aromatic heterocycles. The van der Waals surface area contributed by atoms with Gasteiger partial charge in [-0.05, 0) is 25.9 Å². The lowest BCUT2D eigenvalue weighted by molar-refractivity contribution is 0.573. The van der Waals surface area contributed by atoms with Crippen LogP contribution in [-0.2, 0) is 15.4 Å². The van der Waals surface area contributed by atoms with E-state index in [0.717, 1.165) is 25.2 Å². The highest BCUT2D eigenvalue weighted by molar-refractivity contribution is 7.92. The summed E-state index contributed by atoms with van der Waals surface area (Å²) in [7, 11) is -3.30. The van der Waals surface area contributed by atoms with Crippen molar-refractivity contribution in [3.63, 3.8) is 0 Å². The van der Waals surface area contributed by atoms with Crippen molar-refractivity contribution in [1.29, 1.82) is 0 Å². The van der Waals surface area contributed by atoms with Crippen LogP contribution in [0, 0.1) is 0 Å². The minimum absolute atomic E-state index is 0.0652. The Bertz CT molecular complexity index is 504. The fourth-order valence-electron chi connectivity index (χ4n) is 1.54. The van der Waals surface area contributed by atoms with Gasteiger partial charge in [-0.2, -0.15) is 0 Å². The number of hydrogen-bond donors (Lipinski definition) is 2. The van der Waals surface area contributed by atoms with E-state index in [0.29, 0.717) is 11.6 Å². The molecule has 0 amide bonds.